The molecule has 0 N–H and O–H groups in total. The maximum absolute atomic E-state index is 11.2. The van der Waals surface area contributed by atoms with Gasteiger partial charge in [-0.25, -0.2) is 0 Å². The first-order chi connectivity index (χ1) is 7.66. The second-order valence-electron chi connectivity index (χ2n) is 3.95. The molecule has 0 unspecified atom stereocenters. The van der Waals surface area contributed by atoms with E-state index in [1.165, 1.54) is 0 Å². The summed E-state index contributed by atoms with van der Waals surface area (Å²) >= 11 is 8.94. The number of pyridine rings is 1. The van der Waals surface area contributed by atoms with E-state index in [0.29, 0.717) is 6.54 Å². The maximum Gasteiger partial charge on any atom is 0.226 e. The number of nitrogens with zero attached hydrogens (tertiary/aromatic N) is 2. The van der Waals surface area contributed by atoms with Gasteiger partial charge >= 0.3 is 0 Å². The average Bonchev–Trinajstić information content (AvgIpc) is 2.29. The SMILES string of the molecule is O=C(Cl)[C@H]1CCCN(c2cncc(Br)c2)C1. The molecule has 0 amide bonds. The molecule has 1 aromatic rings. The summed E-state index contributed by atoms with van der Waals surface area (Å²) in [7, 11) is 0. The molecule has 0 saturated carbocycles. The van der Waals surface area contributed by atoms with E-state index < -0.39 is 0 Å². The average molecular weight is 304 g/mol. The van der Waals surface area contributed by atoms with Crippen molar-refractivity contribution in [1.29, 1.82) is 0 Å². The Morgan fingerprint density at radius 2 is 2.38 bits per heavy atom. The molecule has 0 radical (unpaired) electrons. The minimum Gasteiger partial charge on any atom is -0.369 e. The molecule has 1 aliphatic rings. The van der Waals surface area contributed by atoms with Gasteiger partial charge in [0, 0.05) is 23.8 Å². The van der Waals surface area contributed by atoms with Gasteiger partial charge in [0.15, 0.2) is 0 Å². The van der Waals surface area contributed by atoms with E-state index >= 15 is 0 Å². The van der Waals surface area contributed by atoms with Crippen LogP contribution in [0.25, 0.3) is 0 Å². The molecule has 2 rings (SSSR count). The number of carbonyl (C=O) groups excluding carboxylic acids is 1. The number of hydrogen-bond acceptors (Lipinski definition) is 3. The molecule has 5 heteroatoms. The van der Waals surface area contributed by atoms with Gasteiger partial charge in [-0.3, -0.25) is 9.78 Å². The fourth-order valence-electron chi connectivity index (χ4n) is 1.97. The summed E-state index contributed by atoms with van der Waals surface area (Å²) in [6.07, 6.45) is 5.44. The molecule has 2 heterocycles. The van der Waals surface area contributed by atoms with Gasteiger partial charge in [0.2, 0.25) is 5.24 Å². The lowest BCUT2D eigenvalue weighted by molar-refractivity contribution is -0.115. The second kappa shape index (κ2) is 5.15. The van der Waals surface area contributed by atoms with Crippen molar-refractivity contribution in [3.8, 4) is 0 Å². The Morgan fingerprint density at radius 1 is 1.56 bits per heavy atom. The quantitative estimate of drug-likeness (QED) is 0.788. The summed E-state index contributed by atoms with van der Waals surface area (Å²) in [6, 6.07) is 2.01. The van der Waals surface area contributed by atoms with Gasteiger partial charge in [0.25, 0.3) is 0 Å². The summed E-state index contributed by atoms with van der Waals surface area (Å²) in [5.74, 6) is -0.0469. The summed E-state index contributed by atoms with van der Waals surface area (Å²) in [5.41, 5.74) is 1.04. The smallest absolute Gasteiger partial charge is 0.226 e. The minimum atomic E-state index is -0.229. The van der Waals surface area contributed by atoms with E-state index in [1.807, 2.05) is 12.3 Å². The zero-order valence-corrected chi connectivity index (χ0v) is 11.0. The highest BCUT2D eigenvalue weighted by atomic mass is 79.9. The van der Waals surface area contributed by atoms with Crippen LogP contribution in [0.15, 0.2) is 22.9 Å². The molecule has 1 aromatic heterocycles. The van der Waals surface area contributed by atoms with Crippen LogP contribution in [0.5, 0.6) is 0 Å². The predicted molar refractivity (Wildman–Crippen MR) is 67.7 cm³/mol. The number of hydrogen-bond donors (Lipinski definition) is 0. The van der Waals surface area contributed by atoms with Crippen LogP contribution >= 0.6 is 27.5 Å². The molecule has 1 saturated heterocycles. The largest absolute Gasteiger partial charge is 0.369 e. The van der Waals surface area contributed by atoms with E-state index in [-0.39, 0.29) is 11.2 Å². The van der Waals surface area contributed by atoms with Crippen molar-refractivity contribution in [2.75, 3.05) is 18.0 Å². The van der Waals surface area contributed by atoms with Gasteiger partial charge in [-0.05, 0) is 46.4 Å². The fraction of sp³-hybridized carbons (Fsp3) is 0.455. The van der Waals surface area contributed by atoms with Crippen LogP contribution < -0.4 is 4.90 Å². The number of anilines is 1. The Bertz CT molecular complexity index is 399. The summed E-state index contributed by atoms with van der Waals surface area (Å²) in [4.78, 5) is 17.4. The van der Waals surface area contributed by atoms with Crippen LogP contribution in [0.3, 0.4) is 0 Å². The number of rotatable bonds is 2. The number of halogens is 2. The molecule has 0 aromatic carbocycles. The van der Waals surface area contributed by atoms with Gasteiger partial charge in [-0.15, -0.1) is 0 Å². The first-order valence-electron chi connectivity index (χ1n) is 5.21. The number of piperidine rings is 1. The maximum atomic E-state index is 11.2. The second-order valence-corrected chi connectivity index (χ2v) is 5.24. The van der Waals surface area contributed by atoms with Crippen LogP contribution in [0.1, 0.15) is 12.8 Å². The molecule has 16 heavy (non-hydrogen) atoms. The van der Waals surface area contributed by atoms with Gasteiger partial charge < -0.3 is 4.90 Å². The lowest BCUT2D eigenvalue weighted by Gasteiger charge is -2.32. The summed E-state index contributed by atoms with van der Waals surface area (Å²) in [6.45, 7) is 1.65. The topological polar surface area (TPSA) is 33.2 Å². The third-order valence-electron chi connectivity index (χ3n) is 2.80. The standard InChI is InChI=1S/C11H12BrClN2O/c12-9-4-10(6-14-5-9)15-3-1-2-8(7-15)11(13)16/h4-6,8H,1-3,7H2/t8-/m0/s1. The monoisotopic (exact) mass is 302 g/mol. The molecule has 86 valence electrons. The highest BCUT2D eigenvalue weighted by Crippen LogP contribution is 2.25. The Kier molecular flexibility index (Phi) is 3.82. The van der Waals surface area contributed by atoms with Crippen LogP contribution in [0.2, 0.25) is 0 Å². The summed E-state index contributed by atoms with van der Waals surface area (Å²) in [5, 5.41) is -0.229. The van der Waals surface area contributed by atoms with Gasteiger partial charge in [-0.2, -0.15) is 0 Å². The first kappa shape index (κ1) is 11.9. The van der Waals surface area contributed by atoms with Gasteiger partial charge in [0.05, 0.1) is 17.8 Å². The molecule has 3 nitrogen and oxygen atoms in total. The van der Waals surface area contributed by atoms with Crippen LogP contribution in [0.4, 0.5) is 5.69 Å². The normalized spacial score (nSPS) is 20.9. The van der Waals surface area contributed by atoms with Crippen molar-refractivity contribution >= 4 is 38.5 Å². The zero-order chi connectivity index (χ0) is 11.5. The van der Waals surface area contributed by atoms with Crippen molar-refractivity contribution in [2.45, 2.75) is 12.8 Å². The summed E-state index contributed by atoms with van der Waals surface area (Å²) < 4.78 is 0.948. The minimum absolute atomic E-state index is 0.0469. The molecular formula is C11H12BrClN2O. The molecule has 0 aliphatic carbocycles. The van der Waals surface area contributed by atoms with Gasteiger partial charge in [-0.1, -0.05) is 0 Å². The van der Waals surface area contributed by atoms with Crippen molar-refractivity contribution in [2.24, 2.45) is 5.92 Å². The van der Waals surface area contributed by atoms with E-state index in [2.05, 4.69) is 25.8 Å². The third kappa shape index (κ3) is 2.74. The van der Waals surface area contributed by atoms with Crippen molar-refractivity contribution in [3.63, 3.8) is 0 Å². The van der Waals surface area contributed by atoms with Crippen molar-refractivity contribution in [3.05, 3.63) is 22.9 Å². The lowest BCUT2D eigenvalue weighted by Crippen LogP contribution is -2.37. The molecule has 1 fully saturated rings. The lowest BCUT2D eigenvalue weighted by atomic mass is 9.99. The highest BCUT2D eigenvalue weighted by molar-refractivity contribution is 9.10. The Labute approximate surface area is 108 Å². The van der Waals surface area contributed by atoms with E-state index in [1.54, 1.807) is 6.20 Å². The van der Waals surface area contributed by atoms with Crippen molar-refractivity contribution in [1.82, 2.24) is 4.98 Å². The van der Waals surface area contributed by atoms with Crippen LogP contribution in [0, 0.1) is 5.92 Å². The Morgan fingerprint density at radius 3 is 3.06 bits per heavy atom. The van der Waals surface area contributed by atoms with E-state index in [4.69, 9.17) is 11.6 Å². The molecule has 1 aliphatic heterocycles. The Hall–Kier alpha value is -0.610. The highest BCUT2D eigenvalue weighted by Gasteiger charge is 2.24. The number of aromatic nitrogens is 1. The molecule has 1 atom stereocenters. The molecule has 0 bridgehead atoms. The van der Waals surface area contributed by atoms with Crippen molar-refractivity contribution < 1.29 is 4.79 Å². The number of carbonyl (C=O) groups is 1. The zero-order valence-electron chi connectivity index (χ0n) is 8.70. The molecular weight excluding hydrogens is 291 g/mol. The Balaban J connectivity index is 2.12. The predicted octanol–water partition coefficient (Wildman–Crippen LogP) is 2.83. The fourth-order valence-corrected chi connectivity index (χ4v) is 2.50. The third-order valence-corrected chi connectivity index (χ3v) is 3.54. The molecule has 0 spiro atoms. The van der Waals surface area contributed by atoms with Gasteiger partial charge in [0.1, 0.15) is 0 Å². The first-order valence-corrected chi connectivity index (χ1v) is 6.39. The van der Waals surface area contributed by atoms with E-state index in [9.17, 15) is 4.79 Å². The van der Waals surface area contributed by atoms with E-state index in [0.717, 1.165) is 29.5 Å². The van der Waals surface area contributed by atoms with Crippen LogP contribution in [-0.2, 0) is 4.79 Å². The van der Waals surface area contributed by atoms with Crippen LogP contribution in [-0.4, -0.2) is 23.3 Å².